The van der Waals surface area contributed by atoms with Gasteiger partial charge in [0.05, 0.1) is 11.6 Å². The highest BCUT2D eigenvalue weighted by molar-refractivity contribution is 6.30. The Labute approximate surface area is 185 Å². The molecule has 0 atom stereocenters. The maximum Gasteiger partial charge on any atom is 0.213 e. The van der Waals surface area contributed by atoms with E-state index in [9.17, 15) is 9.65 Å². The Morgan fingerprint density at radius 1 is 1.29 bits per heavy atom. The molecule has 7 nitrogen and oxygen atoms in total. The molecule has 2 aliphatic rings. The van der Waals surface area contributed by atoms with Crippen LogP contribution < -0.4 is 10.1 Å². The van der Waals surface area contributed by atoms with Gasteiger partial charge in [0.2, 0.25) is 5.88 Å². The van der Waals surface area contributed by atoms with Crippen LogP contribution in [0.2, 0.25) is 5.15 Å². The number of pyridine rings is 2. The van der Waals surface area contributed by atoms with Crippen LogP contribution in [0.4, 0.5) is 10.2 Å². The summed E-state index contributed by atoms with van der Waals surface area (Å²) in [6.45, 7) is 4.06. The first-order valence-corrected chi connectivity index (χ1v) is 10.6. The number of anilines is 1. The Morgan fingerprint density at radius 2 is 2.10 bits per heavy atom. The standard InChI is InChI=1S/C22H22ClFN6O/c1-13-14(2-3-20(28-13)31-16-8-15(24)9-16)11-30-7-4-17-19(12-30)18(10-26)21(23)29-22(17)27-6-5-25/h2-3,15-16H,4,6-9,11-12H2,1H3,(H,27,29)/t15-,16-. The molecule has 2 aromatic rings. The Morgan fingerprint density at radius 3 is 2.77 bits per heavy atom. The number of alkyl halides is 1. The van der Waals surface area contributed by atoms with Crippen molar-refractivity contribution in [2.45, 2.75) is 51.6 Å². The highest BCUT2D eigenvalue weighted by Gasteiger charge is 2.31. The molecular weight excluding hydrogens is 419 g/mol. The van der Waals surface area contributed by atoms with Gasteiger partial charge in [0.25, 0.3) is 0 Å². The molecule has 3 heterocycles. The molecule has 0 saturated heterocycles. The molecule has 1 N–H and O–H groups in total. The molecule has 9 heteroatoms. The van der Waals surface area contributed by atoms with E-state index in [0.29, 0.717) is 49.6 Å². The zero-order chi connectivity index (χ0) is 22.0. The first kappa shape index (κ1) is 21.3. The van der Waals surface area contributed by atoms with Crippen molar-refractivity contribution in [2.75, 3.05) is 18.4 Å². The quantitative estimate of drug-likeness (QED) is 0.540. The van der Waals surface area contributed by atoms with E-state index < -0.39 is 6.17 Å². The third-order valence-corrected chi connectivity index (χ3v) is 6.04. The van der Waals surface area contributed by atoms with Crippen LogP contribution in [0.3, 0.4) is 0 Å². The molecule has 0 radical (unpaired) electrons. The van der Waals surface area contributed by atoms with Gasteiger partial charge in [0.15, 0.2) is 0 Å². The number of aromatic nitrogens is 2. The summed E-state index contributed by atoms with van der Waals surface area (Å²) in [7, 11) is 0. The van der Waals surface area contributed by atoms with Crippen molar-refractivity contribution >= 4 is 17.4 Å². The average Bonchev–Trinajstić information content (AvgIpc) is 2.73. The van der Waals surface area contributed by atoms with Gasteiger partial charge in [-0.1, -0.05) is 17.7 Å². The number of nitrogens with zero attached hydrogens (tertiary/aromatic N) is 5. The number of halogens is 2. The zero-order valence-corrected chi connectivity index (χ0v) is 17.9. The average molecular weight is 441 g/mol. The lowest BCUT2D eigenvalue weighted by Gasteiger charge is -2.31. The first-order valence-electron chi connectivity index (χ1n) is 10.2. The maximum absolute atomic E-state index is 13.0. The van der Waals surface area contributed by atoms with E-state index in [1.807, 2.05) is 25.1 Å². The molecule has 1 aliphatic heterocycles. The van der Waals surface area contributed by atoms with Crippen LogP contribution in [0, 0.1) is 29.6 Å². The summed E-state index contributed by atoms with van der Waals surface area (Å²) < 4.78 is 18.7. The Balaban J connectivity index is 1.49. The van der Waals surface area contributed by atoms with Crippen LogP contribution >= 0.6 is 11.6 Å². The maximum atomic E-state index is 13.0. The SMILES string of the molecule is Cc1nc(O[C@H]2C[C@H](F)C2)ccc1CN1CCc2c(NCC#N)nc(Cl)c(C#N)c2C1. The molecule has 0 spiro atoms. The highest BCUT2D eigenvalue weighted by Crippen LogP contribution is 2.32. The molecule has 1 saturated carbocycles. The van der Waals surface area contributed by atoms with Crippen molar-refractivity contribution in [2.24, 2.45) is 0 Å². The fraction of sp³-hybridized carbons (Fsp3) is 0.455. The lowest BCUT2D eigenvalue weighted by molar-refractivity contribution is 0.0376. The van der Waals surface area contributed by atoms with Crippen molar-refractivity contribution in [3.8, 4) is 18.0 Å². The van der Waals surface area contributed by atoms with Gasteiger partial charge in [-0.25, -0.2) is 14.4 Å². The van der Waals surface area contributed by atoms with Gasteiger partial charge in [0, 0.05) is 49.8 Å². The van der Waals surface area contributed by atoms with E-state index in [4.69, 9.17) is 21.6 Å². The Hall–Kier alpha value is -2.94. The fourth-order valence-electron chi connectivity index (χ4n) is 3.98. The van der Waals surface area contributed by atoms with Crippen molar-refractivity contribution in [1.29, 1.82) is 10.5 Å². The van der Waals surface area contributed by atoms with Crippen molar-refractivity contribution < 1.29 is 9.13 Å². The molecule has 0 unspecified atom stereocenters. The number of ether oxygens (including phenoxy) is 1. The van der Waals surface area contributed by atoms with Crippen molar-refractivity contribution in [3.05, 3.63) is 45.2 Å². The topological polar surface area (TPSA) is 97.9 Å². The lowest BCUT2D eigenvalue weighted by atomic mass is 9.94. The minimum atomic E-state index is -0.759. The minimum Gasteiger partial charge on any atom is -0.474 e. The molecule has 2 aromatic heterocycles. The molecule has 31 heavy (non-hydrogen) atoms. The summed E-state index contributed by atoms with van der Waals surface area (Å²) in [5, 5.41) is 21.6. The molecule has 1 fully saturated rings. The summed E-state index contributed by atoms with van der Waals surface area (Å²) in [6.07, 6.45) is 0.712. The van der Waals surface area contributed by atoms with Crippen molar-refractivity contribution in [1.82, 2.24) is 14.9 Å². The number of nitriles is 2. The Bertz CT molecular complexity index is 1070. The number of hydrogen-bond acceptors (Lipinski definition) is 7. The van der Waals surface area contributed by atoms with E-state index in [0.717, 1.165) is 28.9 Å². The normalized spacial score (nSPS) is 20.2. The predicted molar refractivity (Wildman–Crippen MR) is 113 cm³/mol. The van der Waals surface area contributed by atoms with E-state index in [2.05, 4.69) is 26.3 Å². The molecular formula is C22H22ClFN6O. The fourth-order valence-corrected chi connectivity index (χ4v) is 4.22. The number of rotatable bonds is 6. The van der Waals surface area contributed by atoms with Crippen LogP contribution in [0.5, 0.6) is 5.88 Å². The largest absolute Gasteiger partial charge is 0.474 e. The number of fused-ring (bicyclic) bond motifs is 1. The van der Waals surface area contributed by atoms with Crippen LogP contribution in [0.25, 0.3) is 0 Å². The van der Waals surface area contributed by atoms with Crippen molar-refractivity contribution in [3.63, 3.8) is 0 Å². The second kappa shape index (κ2) is 9.05. The summed E-state index contributed by atoms with van der Waals surface area (Å²) in [6, 6.07) is 8.03. The van der Waals surface area contributed by atoms with E-state index >= 15 is 0 Å². The lowest BCUT2D eigenvalue weighted by Crippen LogP contribution is -2.35. The minimum absolute atomic E-state index is 0.0852. The van der Waals surface area contributed by atoms with Gasteiger partial charge in [-0.2, -0.15) is 10.5 Å². The molecule has 0 amide bonds. The van der Waals surface area contributed by atoms with Crippen LogP contribution in [-0.2, 0) is 19.5 Å². The summed E-state index contributed by atoms with van der Waals surface area (Å²) in [4.78, 5) is 11.0. The zero-order valence-electron chi connectivity index (χ0n) is 17.2. The van der Waals surface area contributed by atoms with Crippen LogP contribution in [-0.4, -0.2) is 40.2 Å². The Kier molecular flexibility index (Phi) is 6.22. The third-order valence-electron chi connectivity index (χ3n) is 5.76. The number of hydrogen-bond donors (Lipinski definition) is 1. The summed E-state index contributed by atoms with van der Waals surface area (Å²) in [5.74, 6) is 1.10. The second-order valence-corrected chi connectivity index (χ2v) is 8.23. The molecule has 160 valence electrons. The monoisotopic (exact) mass is 440 g/mol. The number of aryl methyl sites for hydroxylation is 1. The molecule has 1 aliphatic carbocycles. The van der Waals surface area contributed by atoms with E-state index in [1.54, 1.807) is 0 Å². The van der Waals surface area contributed by atoms with Gasteiger partial charge in [-0.3, -0.25) is 4.90 Å². The molecule has 0 aromatic carbocycles. The first-order chi connectivity index (χ1) is 15.0. The predicted octanol–water partition coefficient (Wildman–Crippen LogP) is 3.68. The number of nitrogens with one attached hydrogen (secondary N) is 1. The van der Waals surface area contributed by atoms with Gasteiger partial charge >= 0.3 is 0 Å². The van der Waals surface area contributed by atoms with Crippen LogP contribution in [0.1, 0.15) is 40.8 Å². The third kappa shape index (κ3) is 4.56. The molecule has 4 rings (SSSR count). The van der Waals surface area contributed by atoms with Gasteiger partial charge in [0.1, 0.15) is 35.9 Å². The van der Waals surface area contributed by atoms with Gasteiger partial charge in [-0.05, 0) is 24.5 Å². The summed E-state index contributed by atoms with van der Waals surface area (Å²) in [5.41, 5.74) is 4.11. The smallest absolute Gasteiger partial charge is 0.213 e. The van der Waals surface area contributed by atoms with E-state index in [-0.39, 0.29) is 17.8 Å². The van der Waals surface area contributed by atoms with Gasteiger partial charge in [-0.15, -0.1) is 0 Å². The highest BCUT2D eigenvalue weighted by atomic mass is 35.5. The second-order valence-electron chi connectivity index (χ2n) is 7.87. The molecule has 0 bridgehead atoms. The summed E-state index contributed by atoms with van der Waals surface area (Å²) >= 11 is 6.24. The van der Waals surface area contributed by atoms with Gasteiger partial charge < -0.3 is 10.1 Å². The van der Waals surface area contributed by atoms with Crippen LogP contribution in [0.15, 0.2) is 12.1 Å². The van der Waals surface area contributed by atoms with E-state index in [1.165, 1.54) is 0 Å².